The topological polar surface area (TPSA) is 46.5 Å². The maximum Gasteiger partial charge on any atom is 0.307 e. The summed E-state index contributed by atoms with van der Waals surface area (Å²) in [7, 11) is 0. The number of hydrogen-bond acceptors (Lipinski definition) is 2. The van der Waals surface area contributed by atoms with Crippen molar-refractivity contribution in [3.63, 3.8) is 0 Å². The van der Waals surface area contributed by atoms with Crippen LogP contribution in [0.15, 0.2) is 0 Å². The van der Waals surface area contributed by atoms with Crippen molar-refractivity contribution < 1.29 is 14.6 Å². The number of fused-ring (bicyclic) bond motifs is 2. The lowest BCUT2D eigenvalue weighted by Crippen LogP contribution is -2.36. The van der Waals surface area contributed by atoms with Crippen LogP contribution in [0.4, 0.5) is 0 Å². The van der Waals surface area contributed by atoms with Crippen LogP contribution in [-0.4, -0.2) is 23.3 Å². The third-order valence-corrected chi connectivity index (χ3v) is 3.81. The van der Waals surface area contributed by atoms with E-state index in [4.69, 9.17) is 9.84 Å². The summed E-state index contributed by atoms with van der Waals surface area (Å²) < 4.78 is 5.81. The van der Waals surface area contributed by atoms with E-state index in [0.29, 0.717) is 17.9 Å². The van der Waals surface area contributed by atoms with E-state index in [-0.39, 0.29) is 12.0 Å². The molecular formula is C12H20O3. The molecule has 0 amide bonds. The lowest BCUT2D eigenvalue weighted by molar-refractivity contribution is -0.148. The van der Waals surface area contributed by atoms with Crippen LogP contribution in [0.2, 0.25) is 0 Å². The lowest BCUT2D eigenvalue weighted by atomic mass is 9.77. The molecule has 3 nitrogen and oxygen atoms in total. The first-order valence-corrected chi connectivity index (χ1v) is 5.96. The van der Waals surface area contributed by atoms with Crippen LogP contribution < -0.4 is 0 Å². The zero-order valence-corrected chi connectivity index (χ0v) is 9.48. The highest BCUT2D eigenvalue weighted by atomic mass is 16.5. The van der Waals surface area contributed by atoms with Gasteiger partial charge in [-0.25, -0.2) is 0 Å². The lowest BCUT2D eigenvalue weighted by Gasteiger charge is -2.33. The van der Waals surface area contributed by atoms with E-state index >= 15 is 0 Å². The molecule has 2 saturated carbocycles. The van der Waals surface area contributed by atoms with Crippen LogP contribution in [-0.2, 0) is 9.53 Å². The highest BCUT2D eigenvalue weighted by Gasteiger charge is 2.46. The molecule has 0 aromatic heterocycles. The molecule has 2 rings (SSSR count). The molecule has 2 aliphatic carbocycles. The molecule has 0 aliphatic heterocycles. The summed E-state index contributed by atoms with van der Waals surface area (Å²) in [4.78, 5) is 11.1. The van der Waals surface area contributed by atoms with E-state index < -0.39 is 5.97 Å². The third kappa shape index (κ3) is 2.17. The van der Waals surface area contributed by atoms with Gasteiger partial charge in [0, 0.05) is 0 Å². The Balaban J connectivity index is 1.98. The van der Waals surface area contributed by atoms with Crippen molar-refractivity contribution in [1.29, 1.82) is 0 Å². The number of carbonyl (C=O) groups is 1. The number of carboxylic acid groups (broad SMARTS) is 1. The first-order chi connectivity index (χ1) is 7.08. The molecular weight excluding hydrogens is 192 g/mol. The van der Waals surface area contributed by atoms with Crippen molar-refractivity contribution in [2.75, 3.05) is 0 Å². The molecule has 0 saturated heterocycles. The van der Waals surface area contributed by atoms with E-state index in [1.165, 1.54) is 0 Å². The molecule has 2 unspecified atom stereocenters. The molecule has 0 spiro atoms. The Labute approximate surface area is 90.8 Å². The Bertz CT molecular complexity index is 235. The van der Waals surface area contributed by atoms with Gasteiger partial charge in [-0.05, 0) is 51.4 Å². The largest absolute Gasteiger partial charge is 0.481 e. The average Bonchev–Trinajstić information content (AvgIpc) is 2.38. The van der Waals surface area contributed by atoms with E-state index in [9.17, 15) is 4.79 Å². The van der Waals surface area contributed by atoms with Gasteiger partial charge >= 0.3 is 5.97 Å². The Morgan fingerprint density at radius 2 is 1.80 bits per heavy atom. The summed E-state index contributed by atoms with van der Waals surface area (Å²) in [5.74, 6) is 0.0532. The summed E-state index contributed by atoms with van der Waals surface area (Å²) in [6.45, 7) is 4.09. The number of aliphatic carboxylic acids is 1. The highest BCUT2D eigenvalue weighted by Crippen LogP contribution is 2.47. The second kappa shape index (κ2) is 4.12. The Hall–Kier alpha value is -0.570. The molecule has 15 heavy (non-hydrogen) atoms. The molecule has 1 N–H and O–H groups in total. The van der Waals surface area contributed by atoms with Gasteiger partial charge in [0.1, 0.15) is 0 Å². The SMILES string of the molecule is CC(C)OC1CC2CCC(C1)C2C(=O)O. The molecule has 2 atom stereocenters. The summed E-state index contributed by atoms with van der Waals surface area (Å²) in [6, 6.07) is 0. The predicted octanol–water partition coefficient (Wildman–Crippen LogP) is 2.30. The number of rotatable bonds is 3. The molecule has 2 fully saturated rings. The van der Waals surface area contributed by atoms with Gasteiger partial charge in [0.05, 0.1) is 18.1 Å². The number of carboxylic acids is 1. The fraction of sp³-hybridized carbons (Fsp3) is 0.917. The fourth-order valence-electron chi connectivity index (χ4n) is 3.37. The summed E-state index contributed by atoms with van der Waals surface area (Å²) in [5, 5.41) is 9.15. The van der Waals surface area contributed by atoms with Crippen molar-refractivity contribution in [3.05, 3.63) is 0 Å². The van der Waals surface area contributed by atoms with Crippen LogP contribution >= 0.6 is 0 Å². The quantitative estimate of drug-likeness (QED) is 0.780. The smallest absolute Gasteiger partial charge is 0.307 e. The molecule has 3 heteroatoms. The van der Waals surface area contributed by atoms with Crippen molar-refractivity contribution in [1.82, 2.24) is 0 Å². The van der Waals surface area contributed by atoms with Gasteiger partial charge in [0.25, 0.3) is 0 Å². The van der Waals surface area contributed by atoms with Crippen molar-refractivity contribution >= 4 is 5.97 Å². The van der Waals surface area contributed by atoms with Gasteiger partial charge in [-0.15, -0.1) is 0 Å². The standard InChI is InChI=1S/C12H20O3/c1-7(2)15-10-5-8-3-4-9(6-10)11(8)12(13)14/h7-11H,3-6H2,1-2H3,(H,13,14). The van der Waals surface area contributed by atoms with E-state index in [1.807, 2.05) is 13.8 Å². The average molecular weight is 212 g/mol. The zero-order chi connectivity index (χ0) is 11.0. The fourth-order valence-corrected chi connectivity index (χ4v) is 3.37. The Kier molecular flexibility index (Phi) is 3.01. The van der Waals surface area contributed by atoms with Crippen LogP contribution in [0.3, 0.4) is 0 Å². The summed E-state index contributed by atoms with van der Waals surface area (Å²) >= 11 is 0. The minimum Gasteiger partial charge on any atom is -0.481 e. The first kappa shape index (κ1) is 10.9. The van der Waals surface area contributed by atoms with Gasteiger partial charge in [-0.3, -0.25) is 4.79 Å². The normalized spacial score (nSPS) is 39.7. The molecule has 2 bridgehead atoms. The third-order valence-electron chi connectivity index (χ3n) is 3.81. The first-order valence-electron chi connectivity index (χ1n) is 5.96. The monoisotopic (exact) mass is 212 g/mol. The van der Waals surface area contributed by atoms with E-state index in [1.54, 1.807) is 0 Å². The van der Waals surface area contributed by atoms with Gasteiger partial charge < -0.3 is 9.84 Å². The van der Waals surface area contributed by atoms with E-state index in [2.05, 4.69) is 0 Å². The van der Waals surface area contributed by atoms with Gasteiger partial charge in [-0.1, -0.05) is 0 Å². The molecule has 0 aromatic carbocycles. The maximum atomic E-state index is 11.1. The molecule has 0 radical (unpaired) electrons. The van der Waals surface area contributed by atoms with Crippen molar-refractivity contribution in [3.8, 4) is 0 Å². The van der Waals surface area contributed by atoms with Crippen LogP contribution in [0, 0.1) is 17.8 Å². The van der Waals surface area contributed by atoms with Gasteiger partial charge in [0.15, 0.2) is 0 Å². The Morgan fingerprint density at radius 3 is 2.20 bits per heavy atom. The second-order valence-corrected chi connectivity index (χ2v) is 5.24. The number of hydrogen-bond donors (Lipinski definition) is 1. The van der Waals surface area contributed by atoms with Crippen LogP contribution in [0.25, 0.3) is 0 Å². The van der Waals surface area contributed by atoms with Crippen LogP contribution in [0.1, 0.15) is 39.5 Å². The van der Waals surface area contributed by atoms with Gasteiger partial charge in [0.2, 0.25) is 0 Å². The molecule has 86 valence electrons. The summed E-state index contributed by atoms with van der Waals surface area (Å²) in [5.41, 5.74) is 0. The van der Waals surface area contributed by atoms with Crippen molar-refractivity contribution in [2.24, 2.45) is 17.8 Å². The minimum absolute atomic E-state index is 0.0861. The minimum atomic E-state index is -0.592. The Morgan fingerprint density at radius 1 is 1.27 bits per heavy atom. The highest BCUT2D eigenvalue weighted by molar-refractivity contribution is 5.71. The zero-order valence-electron chi connectivity index (χ0n) is 9.48. The van der Waals surface area contributed by atoms with Gasteiger partial charge in [-0.2, -0.15) is 0 Å². The number of ether oxygens (including phenoxy) is 1. The molecule has 0 heterocycles. The maximum absolute atomic E-state index is 11.1. The molecule has 0 aromatic rings. The molecule has 2 aliphatic rings. The van der Waals surface area contributed by atoms with E-state index in [0.717, 1.165) is 25.7 Å². The second-order valence-electron chi connectivity index (χ2n) is 5.24. The van der Waals surface area contributed by atoms with Crippen LogP contribution in [0.5, 0.6) is 0 Å². The summed E-state index contributed by atoms with van der Waals surface area (Å²) in [6.07, 6.45) is 4.63. The van der Waals surface area contributed by atoms with Crippen molar-refractivity contribution in [2.45, 2.75) is 51.7 Å². The predicted molar refractivity (Wildman–Crippen MR) is 56.6 cm³/mol.